The average Bonchev–Trinajstić information content (AvgIpc) is 2.24. The number of halogens is 3. The fourth-order valence-corrected chi connectivity index (χ4v) is 2.31. The van der Waals surface area contributed by atoms with Gasteiger partial charge in [0.25, 0.3) is 0 Å². The Balaban J connectivity index is 2.36. The van der Waals surface area contributed by atoms with E-state index in [4.69, 9.17) is 40.5 Å². The van der Waals surface area contributed by atoms with Gasteiger partial charge >= 0.3 is 0 Å². The van der Waals surface area contributed by atoms with Gasteiger partial charge in [0.2, 0.25) is 0 Å². The number of benzene rings is 2. The van der Waals surface area contributed by atoms with E-state index in [9.17, 15) is 0 Å². The summed E-state index contributed by atoms with van der Waals surface area (Å²) in [6, 6.07) is 8.85. The molecule has 2 nitrogen and oxygen atoms in total. The molecule has 0 bridgehead atoms. The van der Waals surface area contributed by atoms with Crippen LogP contribution in [-0.4, -0.2) is 0 Å². The molecule has 5 heteroatoms. The summed E-state index contributed by atoms with van der Waals surface area (Å²) < 4.78 is 0. The third kappa shape index (κ3) is 3.02. The smallest absolute Gasteiger partial charge is 0.0656 e. The Bertz CT molecular complexity index is 577. The highest BCUT2D eigenvalue weighted by Gasteiger charge is 2.05. The van der Waals surface area contributed by atoms with E-state index in [0.29, 0.717) is 20.8 Å². The van der Waals surface area contributed by atoms with E-state index < -0.39 is 0 Å². The average molecular weight is 302 g/mol. The van der Waals surface area contributed by atoms with Gasteiger partial charge in [0, 0.05) is 21.4 Å². The van der Waals surface area contributed by atoms with Crippen molar-refractivity contribution in [3.05, 3.63) is 51.0 Å². The van der Waals surface area contributed by atoms with E-state index in [1.54, 1.807) is 24.3 Å². The first-order valence-electron chi connectivity index (χ1n) is 5.24. The summed E-state index contributed by atoms with van der Waals surface area (Å²) in [6.45, 7) is 1.95. The number of hydrogen-bond acceptors (Lipinski definition) is 2. The van der Waals surface area contributed by atoms with Crippen LogP contribution in [0.1, 0.15) is 5.56 Å². The molecule has 0 fully saturated rings. The number of anilines is 3. The summed E-state index contributed by atoms with van der Waals surface area (Å²) >= 11 is 17.9. The van der Waals surface area contributed by atoms with Crippen molar-refractivity contribution in [2.24, 2.45) is 0 Å². The highest BCUT2D eigenvalue weighted by molar-refractivity contribution is 6.35. The SMILES string of the molecule is Cc1cc(N)c(Cl)cc1Nc1cc(Cl)cc(Cl)c1. The monoisotopic (exact) mass is 300 g/mol. The van der Waals surface area contributed by atoms with E-state index in [0.717, 1.165) is 16.9 Å². The zero-order chi connectivity index (χ0) is 13.3. The summed E-state index contributed by atoms with van der Waals surface area (Å²) in [7, 11) is 0. The lowest BCUT2D eigenvalue weighted by Crippen LogP contribution is -1.96. The van der Waals surface area contributed by atoms with Gasteiger partial charge in [-0.15, -0.1) is 0 Å². The van der Waals surface area contributed by atoms with Crippen molar-refractivity contribution in [1.82, 2.24) is 0 Å². The van der Waals surface area contributed by atoms with Gasteiger partial charge in [-0.1, -0.05) is 34.8 Å². The molecule has 0 amide bonds. The first-order chi connectivity index (χ1) is 8.45. The number of nitrogens with two attached hydrogens (primary N) is 1. The Kier molecular flexibility index (Phi) is 3.91. The van der Waals surface area contributed by atoms with Crippen molar-refractivity contribution in [3.63, 3.8) is 0 Å². The maximum Gasteiger partial charge on any atom is 0.0656 e. The van der Waals surface area contributed by atoms with Gasteiger partial charge in [0.05, 0.1) is 10.7 Å². The first kappa shape index (κ1) is 13.3. The molecule has 0 saturated heterocycles. The summed E-state index contributed by atoms with van der Waals surface area (Å²) in [4.78, 5) is 0. The van der Waals surface area contributed by atoms with Crippen LogP contribution in [0.15, 0.2) is 30.3 Å². The van der Waals surface area contributed by atoms with Gasteiger partial charge in [0.1, 0.15) is 0 Å². The zero-order valence-electron chi connectivity index (χ0n) is 9.60. The molecule has 3 N–H and O–H groups in total. The minimum absolute atomic E-state index is 0.510. The third-order valence-corrected chi connectivity index (χ3v) is 3.25. The van der Waals surface area contributed by atoms with E-state index in [-0.39, 0.29) is 0 Å². The highest BCUT2D eigenvalue weighted by Crippen LogP contribution is 2.30. The zero-order valence-corrected chi connectivity index (χ0v) is 11.9. The second kappa shape index (κ2) is 5.27. The molecular weight excluding hydrogens is 291 g/mol. The maximum atomic E-state index is 6.00. The molecule has 0 aliphatic rings. The molecule has 0 unspecified atom stereocenters. The lowest BCUT2D eigenvalue weighted by Gasteiger charge is -2.12. The summed E-state index contributed by atoms with van der Waals surface area (Å²) in [6.07, 6.45) is 0. The Morgan fingerprint density at radius 1 is 0.944 bits per heavy atom. The first-order valence-corrected chi connectivity index (χ1v) is 6.38. The van der Waals surface area contributed by atoms with Crippen LogP contribution in [0.25, 0.3) is 0 Å². The molecule has 0 spiro atoms. The van der Waals surface area contributed by atoms with Crippen molar-refractivity contribution >= 4 is 51.9 Å². The number of rotatable bonds is 2. The Morgan fingerprint density at radius 3 is 2.17 bits per heavy atom. The lowest BCUT2D eigenvalue weighted by molar-refractivity contribution is 1.43. The predicted octanol–water partition coefficient (Wildman–Crippen LogP) is 5.28. The maximum absolute atomic E-state index is 6.00. The summed E-state index contributed by atoms with van der Waals surface area (Å²) in [5.41, 5.74) is 8.95. The van der Waals surface area contributed by atoms with Gasteiger partial charge in [-0.25, -0.2) is 0 Å². The molecule has 0 atom stereocenters. The molecular formula is C13H11Cl3N2. The highest BCUT2D eigenvalue weighted by atomic mass is 35.5. The van der Waals surface area contributed by atoms with Crippen molar-refractivity contribution in [2.45, 2.75) is 6.92 Å². The molecule has 0 aliphatic carbocycles. The van der Waals surface area contributed by atoms with Crippen LogP contribution in [0.3, 0.4) is 0 Å². The molecule has 2 aromatic carbocycles. The van der Waals surface area contributed by atoms with Crippen LogP contribution < -0.4 is 11.1 Å². The minimum Gasteiger partial charge on any atom is -0.398 e. The van der Waals surface area contributed by atoms with Crippen LogP contribution in [-0.2, 0) is 0 Å². The molecule has 2 aromatic rings. The van der Waals surface area contributed by atoms with E-state index in [1.165, 1.54) is 0 Å². The Morgan fingerprint density at radius 2 is 1.56 bits per heavy atom. The van der Waals surface area contributed by atoms with Crippen molar-refractivity contribution < 1.29 is 0 Å². The van der Waals surface area contributed by atoms with Crippen molar-refractivity contribution in [2.75, 3.05) is 11.1 Å². The predicted molar refractivity (Wildman–Crippen MR) is 80.3 cm³/mol. The van der Waals surface area contributed by atoms with Gasteiger partial charge in [-0.3, -0.25) is 0 Å². The normalized spacial score (nSPS) is 10.4. The molecule has 0 aromatic heterocycles. The second-order valence-electron chi connectivity index (χ2n) is 3.97. The van der Waals surface area contributed by atoms with Gasteiger partial charge in [0.15, 0.2) is 0 Å². The largest absolute Gasteiger partial charge is 0.398 e. The third-order valence-electron chi connectivity index (χ3n) is 2.49. The fourth-order valence-electron chi connectivity index (χ4n) is 1.62. The molecule has 0 saturated carbocycles. The van der Waals surface area contributed by atoms with Crippen LogP contribution in [0.4, 0.5) is 17.1 Å². The standard InChI is InChI=1S/C13H11Cl3N2/c1-7-2-12(17)11(16)6-13(7)18-10-4-8(14)3-9(15)5-10/h2-6,18H,17H2,1H3. The Hall–Kier alpha value is -1.09. The summed E-state index contributed by atoms with van der Waals surface area (Å²) in [5, 5.41) is 4.87. The molecule has 18 heavy (non-hydrogen) atoms. The second-order valence-corrected chi connectivity index (χ2v) is 5.25. The van der Waals surface area contributed by atoms with E-state index >= 15 is 0 Å². The van der Waals surface area contributed by atoms with Crippen molar-refractivity contribution in [3.8, 4) is 0 Å². The van der Waals surface area contributed by atoms with Gasteiger partial charge in [-0.2, -0.15) is 0 Å². The molecule has 2 rings (SSSR count). The van der Waals surface area contributed by atoms with E-state index in [2.05, 4.69) is 5.32 Å². The number of nitrogens with one attached hydrogen (secondary N) is 1. The van der Waals surface area contributed by atoms with E-state index in [1.807, 2.05) is 13.0 Å². The minimum atomic E-state index is 0.510. The molecule has 0 aliphatic heterocycles. The topological polar surface area (TPSA) is 38.0 Å². The van der Waals surface area contributed by atoms with Crippen LogP contribution >= 0.6 is 34.8 Å². The van der Waals surface area contributed by atoms with Crippen LogP contribution in [0.5, 0.6) is 0 Å². The molecule has 0 radical (unpaired) electrons. The molecule has 0 heterocycles. The number of hydrogen-bond donors (Lipinski definition) is 2. The molecule has 94 valence electrons. The number of aryl methyl sites for hydroxylation is 1. The lowest BCUT2D eigenvalue weighted by atomic mass is 10.1. The van der Waals surface area contributed by atoms with Crippen LogP contribution in [0.2, 0.25) is 15.1 Å². The Labute approximate surface area is 121 Å². The van der Waals surface area contributed by atoms with Gasteiger partial charge in [-0.05, 0) is 42.8 Å². The fraction of sp³-hybridized carbons (Fsp3) is 0.0769. The van der Waals surface area contributed by atoms with Crippen LogP contribution in [0, 0.1) is 6.92 Å². The number of nitrogen functional groups attached to an aromatic ring is 1. The summed E-state index contributed by atoms with van der Waals surface area (Å²) in [5.74, 6) is 0. The quantitative estimate of drug-likeness (QED) is 0.740. The van der Waals surface area contributed by atoms with Gasteiger partial charge < -0.3 is 11.1 Å². The van der Waals surface area contributed by atoms with Crippen molar-refractivity contribution in [1.29, 1.82) is 0 Å².